The zero-order chi connectivity index (χ0) is 73.8. The number of carbonyl (C=O) groups is 4. The lowest BCUT2D eigenvalue weighted by Crippen LogP contribution is -2.30. The molecule has 0 spiro atoms. The molecule has 0 aromatic rings. The number of carbonyl (C=O) groups excluding carboxylic acids is 4. The van der Waals surface area contributed by atoms with Crippen molar-refractivity contribution in [2.45, 2.75) is 433 Å². The van der Waals surface area contributed by atoms with Crippen molar-refractivity contribution in [2.24, 2.45) is 23.7 Å². The molecule has 0 aliphatic rings. The molecule has 0 radical (unpaired) electrons. The van der Waals surface area contributed by atoms with Crippen LogP contribution in [0.3, 0.4) is 0 Å². The second-order valence-electron chi connectivity index (χ2n) is 30.8. The maximum atomic E-state index is 13.1. The van der Waals surface area contributed by atoms with Gasteiger partial charge in [-0.3, -0.25) is 37.3 Å². The minimum Gasteiger partial charge on any atom is -0.462 e. The Balaban J connectivity index is 5.17. The zero-order valence-electron chi connectivity index (χ0n) is 65.8. The van der Waals surface area contributed by atoms with E-state index >= 15 is 0 Å². The van der Waals surface area contributed by atoms with Crippen LogP contribution in [-0.2, 0) is 65.4 Å². The largest absolute Gasteiger partial charge is 0.472 e. The van der Waals surface area contributed by atoms with Gasteiger partial charge in [0.15, 0.2) is 12.2 Å². The van der Waals surface area contributed by atoms with Gasteiger partial charge >= 0.3 is 39.5 Å². The van der Waals surface area contributed by atoms with E-state index in [2.05, 4.69) is 55.4 Å². The lowest BCUT2D eigenvalue weighted by atomic mass is 9.99. The first-order valence-electron chi connectivity index (χ1n) is 41.7. The van der Waals surface area contributed by atoms with Crippen LogP contribution >= 0.6 is 15.6 Å². The molecule has 0 bridgehead atoms. The molecule has 0 amide bonds. The molecular formula is C81H158O17P2. The van der Waals surface area contributed by atoms with Gasteiger partial charge in [-0.05, 0) is 49.4 Å². The number of unbranched alkanes of at least 4 members (excludes halogenated alkanes) is 43. The lowest BCUT2D eigenvalue weighted by molar-refractivity contribution is -0.161. The summed E-state index contributed by atoms with van der Waals surface area (Å²) in [5.41, 5.74) is 0. The van der Waals surface area contributed by atoms with Gasteiger partial charge in [0.1, 0.15) is 19.3 Å². The molecule has 17 nitrogen and oxygen atoms in total. The molecule has 0 heterocycles. The summed E-state index contributed by atoms with van der Waals surface area (Å²) in [5.74, 6) is 0.937. The first-order chi connectivity index (χ1) is 48.1. The SMILES string of the molecule is CCC(C)CCCCCCCCCCCCCCCCCCCCC(=O)O[C@H](COC(=O)CCCCCCCCCCCCCCCCCCC(C)C)COP(=O)(O)OCC(O)COP(=O)(O)OC[C@@H](COC(=O)CCCCCCCCCC(C)C)OC(=O)CCCCCCCCC(C)C. The summed E-state index contributed by atoms with van der Waals surface area (Å²) in [5, 5.41) is 10.6. The molecule has 3 N–H and O–H groups in total. The van der Waals surface area contributed by atoms with E-state index < -0.39 is 97.5 Å². The van der Waals surface area contributed by atoms with Crippen LogP contribution in [0.5, 0.6) is 0 Å². The van der Waals surface area contributed by atoms with Gasteiger partial charge in [0.25, 0.3) is 0 Å². The van der Waals surface area contributed by atoms with Crippen LogP contribution in [0.2, 0.25) is 0 Å². The van der Waals surface area contributed by atoms with Crippen molar-refractivity contribution < 1.29 is 80.2 Å². The quantitative estimate of drug-likeness (QED) is 0.0222. The number of aliphatic hydroxyl groups is 1. The van der Waals surface area contributed by atoms with E-state index in [0.29, 0.717) is 37.5 Å². The summed E-state index contributed by atoms with van der Waals surface area (Å²) in [6.45, 7) is 14.2. The number of esters is 4. The molecule has 0 fully saturated rings. The van der Waals surface area contributed by atoms with Gasteiger partial charge < -0.3 is 33.8 Å². The van der Waals surface area contributed by atoms with E-state index in [9.17, 15) is 43.2 Å². The van der Waals surface area contributed by atoms with Crippen molar-refractivity contribution >= 4 is 39.5 Å². The third-order valence-corrected chi connectivity index (χ3v) is 21.1. The summed E-state index contributed by atoms with van der Waals surface area (Å²) in [4.78, 5) is 72.9. The normalized spacial score (nSPS) is 14.3. The average Bonchev–Trinajstić information content (AvgIpc) is 1.01. The number of ether oxygens (including phenoxy) is 4. The van der Waals surface area contributed by atoms with Crippen LogP contribution in [-0.4, -0.2) is 96.7 Å². The molecule has 0 aliphatic carbocycles. The van der Waals surface area contributed by atoms with Gasteiger partial charge in [0.05, 0.1) is 26.4 Å². The number of rotatable bonds is 78. The van der Waals surface area contributed by atoms with E-state index in [1.807, 2.05) is 0 Å². The van der Waals surface area contributed by atoms with Gasteiger partial charge in [-0.15, -0.1) is 0 Å². The van der Waals surface area contributed by atoms with Gasteiger partial charge in [-0.1, -0.05) is 364 Å². The highest BCUT2D eigenvalue weighted by atomic mass is 31.2. The molecule has 0 aromatic carbocycles. The first kappa shape index (κ1) is 98.1. The Morgan fingerprint density at radius 1 is 0.280 bits per heavy atom. The predicted molar refractivity (Wildman–Crippen MR) is 409 cm³/mol. The Labute approximate surface area is 613 Å². The van der Waals surface area contributed by atoms with Crippen LogP contribution in [0, 0.1) is 23.7 Å². The van der Waals surface area contributed by atoms with Crippen molar-refractivity contribution in [3.8, 4) is 0 Å². The fraction of sp³-hybridized carbons (Fsp3) is 0.951. The van der Waals surface area contributed by atoms with Crippen LogP contribution in [0.1, 0.15) is 415 Å². The number of aliphatic hydroxyl groups excluding tert-OH is 1. The number of hydrogen-bond donors (Lipinski definition) is 3. The highest BCUT2D eigenvalue weighted by molar-refractivity contribution is 7.47. The molecule has 0 aromatic heterocycles. The van der Waals surface area contributed by atoms with E-state index in [4.69, 9.17) is 37.0 Å². The van der Waals surface area contributed by atoms with Gasteiger partial charge in [-0.25, -0.2) is 9.13 Å². The van der Waals surface area contributed by atoms with E-state index in [1.54, 1.807) is 0 Å². The lowest BCUT2D eigenvalue weighted by Gasteiger charge is -2.21. The molecule has 100 heavy (non-hydrogen) atoms. The van der Waals surface area contributed by atoms with Crippen molar-refractivity contribution in [3.05, 3.63) is 0 Å². The zero-order valence-corrected chi connectivity index (χ0v) is 67.6. The Kier molecular flexibility index (Phi) is 68.7. The van der Waals surface area contributed by atoms with Gasteiger partial charge in [-0.2, -0.15) is 0 Å². The molecule has 0 saturated carbocycles. The van der Waals surface area contributed by atoms with E-state index in [-0.39, 0.29) is 25.7 Å². The Morgan fingerprint density at radius 2 is 0.480 bits per heavy atom. The van der Waals surface area contributed by atoms with Crippen molar-refractivity contribution in [2.75, 3.05) is 39.6 Å². The van der Waals surface area contributed by atoms with E-state index in [0.717, 1.165) is 108 Å². The van der Waals surface area contributed by atoms with Crippen LogP contribution in [0.15, 0.2) is 0 Å². The fourth-order valence-electron chi connectivity index (χ4n) is 12.4. The third-order valence-electron chi connectivity index (χ3n) is 19.2. The molecule has 6 atom stereocenters. The minimum absolute atomic E-state index is 0.101. The Hall–Kier alpha value is -1.94. The fourth-order valence-corrected chi connectivity index (χ4v) is 14.0. The minimum atomic E-state index is -4.96. The maximum Gasteiger partial charge on any atom is 0.472 e. The monoisotopic (exact) mass is 1470 g/mol. The molecule has 594 valence electrons. The third kappa shape index (κ3) is 73.0. The smallest absolute Gasteiger partial charge is 0.462 e. The number of hydrogen-bond acceptors (Lipinski definition) is 15. The summed E-state index contributed by atoms with van der Waals surface area (Å²) < 4.78 is 68.6. The summed E-state index contributed by atoms with van der Waals surface area (Å²) in [6, 6.07) is 0. The molecule has 0 aliphatic heterocycles. The van der Waals surface area contributed by atoms with Crippen molar-refractivity contribution in [3.63, 3.8) is 0 Å². The van der Waals surface area contributed by atoms with Crippen LogP contribution in [0.25, 0.3) is 0 Å². The summed E-state index contributed by atoms with van der Waals surface area (Å²) >= 11 is 0. The number of phosphoric acid groups is 2. The van der Waals surface area contributed by atoms with Gasteiger partial charge in [0, 0.05) is 25.7 Å². The highest BCUT2D eigenvalue weighted by Gasteiger charge is 2.30. The molecule has 0 rings (SSSR count). The topological polar surface area (TPSA) is 237 Å². The molecular weight excluding hydrogens is 1310 g/mol. The molecule has 19 heteroatoms. The number of phosphoric ester groups is 2. The van der Waals surface area contributed by atoms with Gasteiger partial charge in [0.2, 0.25) is 0 Å². The van der Waals surface area contributed by atoms with Crippen molar-refractivity contribution in [1.82, 2.24) is 0 Å². The summed E-state index contributed by atoms with van der Waals surface area (Å²) in [7, 11) is -9.92. The molecule has 4 unspecified atom stereocenters. The second-order valence-corrected chi connectivity index (χ2v) is 33.7. The average molecular weight is 1470 g/mol. The molecule has 0 saturated heterocycles. The Bertz CT molecular complexity index is 1960. The van der Waals surface area contributed by atoms with E-state index in [1.165, 1.54) is 212 Å². The first-order valence-corrected chi connectivity index (χ1v) is 44.7. The predicted octanol–water partition coefficient (Wildman–Crippen LogP) is 24.0. The highest BCUT2D eigenvalue weighted by Crippen LogP contribution is 2.45. The second kappa shape index (κ2) is 70.1. The van der Waals surface area contributed by atoms with Crippen LogP contribution in [0.4, 0.5) is 0 Å². The van der Waals surface area contributed by atoms with Crippen molar-refractivity contribution in [1.29, 1.82) is 0 Å². The standard InChI is InChI=1S/C81H158O17P2/c1-9-74(8)60-52-44-35-29-25-21-17-12-10-11-13-19-23-27-31-37-47-55-63-80(85)97-76(67-91-78(83)61-53-45-36-30-26-22-18-15-14-16-20-24-28-33-41-49-57-71(2)3)69-95-99(87,88)93-65-75(82)66-94-100(89,90)96-70-77(98-81(86)64-56-48-40-39-43-51-59-73(6)7)68-92-79(84)62-54-46-38-32-34-42-50-58-72(4)5/h71-77,82H,9-70H2,1-8H3,(H,87,88)(H,89,90)/t74?,75?,76-,77-/m1/s1. The summed E-state index contributed by atoms with van der Waals surface area (Å²) in [6.07, 6.45) is 57.3. The maximum absolute atomic E-state index is 13.1. The Morgan fingerprint density at radius 3 is 0.710 bits per heavy atom. The van der Waals surface area contributed by atoms with Crippen LogP contribution < -0.4 is 0 Å².